The van der Waals surface area contributed by atoms with Crippen molar-refractivity contribution in [3.05, 3.63) is 59.7 Å². The van der Waals surface area contributed by atoms with Gasteiger partial charge in [0.1, 0.15) is 17.7 Å². The Bertz CT molecular complexity index is 1150. The van der Waals surface area contributed by atoms with Crippen LogP contribution >= 0.6 is 0 Å². The number of sulfonamides is 1. The van der Waals surface area contributed by atoms with E-state index in [-0.39, 0.29) is 41.6 Å². The third-order valence-corrected chi connectivity index (χ3v) is 5.38. The highest BCUT2D eigenvalue weighted by atomic mass is 32.2. The Morgan fingerprint density at radius 3 is 2.57 bits per heavy atom. The van der Waals surface area contributed by atoms with Crippen molar-refractivity contribution >= 4 is 27.7 Å². The van der Waals surface area contributed by atoms with Crippen molar-refractivity contribution < 1.29 is 22.7 Å². The summed E-state index contributed by atoms with van der Waals surface area (Å²) in [6.07, 6.45) is -0.0776. The van der Waals surface area contributed by atoms with Crippen LogP contribution in [0.3, 0.4) is 0 Å². The fourth-order valence-electron chi connectivity index (χ4n) is 2.59. The zero-order valence-corrected chi connectivity index (χ0v) is 16.4. The number of benzene rings is 2. The van der Waals surface area contributed by atoms with Crippen molar-refractivity contribution in [2.24, 2.45) is 4.99 Å². The molecule has 0 atom stereocenters. The highest BCUT2D eigenvalue weighted by molar-refractivity contribution is 7.90. The van der Waals surface area contributed by atoms with E-state index in [0.29, 0.717) is 5.56 Å². The number of carbonyl (C=O) groups is 2. The average molecular weight is 427 g/mol. The zero-order chi connectivity index (χ0) is 21.6. The molecule has 0 radical (unpaired) electrons. The van der Waals surface area contributed by atoms with Crippen molar-refractivity contribution in [3.63, 3.8) is 0 Å². The predicted octanol–water partition coefficient (Wildman–Crippen LogP) is 0.213. The van der Waals surface area contributed by atoms with E-state index in [4.69, 9.17) is 10.00 Å². The number of amides is 2. The maximum atomic E-state index is 12.0. The van der Waals surface area contributed by atoms with Crippen molar-refractivity contribution in [3.8, 4) is 11.8 Å². The number of nitriles is 1. The summed E-state index contributed by atoms with van der Waals surface area (Å²) >= 11 is 0. The SMILES string of the molecule is N#Cc1ccccc1OCC(=O)NNC(=O)CCN=C1NS(=O)(=O)c2ccccc21. The minimum Gasteiger partial charge on any atom is -0.482 e. The zero-order valence-electron chi connectivity index (χ0n) is 15.6. The minimum atomic E-state index is -3.63. The Hall–Kier alpha value is -3.91. The molecule has 1 aliphatic heterocycles. The molecule has 0 saturated carbocycles. The Morgan fingerprint density at radius 1 is 1.07 bits per heavy atom. The lowest BCUT2D eigenvalue weighted by Gasteiger charge is -2.09. The van der Waals surface area contributed by atoms with Crippen LogP contribution in [0.5, 0.6) is 5.75 Å². The van der Waals surface area contributed by atoms with Crippen LogP contribution in [-0.2, 0) is 19.6 Å². The van der Waals surface area contributed by atoms with E-state index in [2.05, 4.69) is 20.6 Å². The quantitative estimate of drug-likeness (QED) is 0.561. The van der Waals surface area contributed by atoms with Gasteiger partial charge in [0.05, 0.1) is 17.0 Å². The third-order valence-electron chi connectivity index (χ3n) is 3.98. The van der Waals surface area contributed by atoms with Gasteiger partial charge in [-0.1, -0.05) is 24.3 Å². The first-order valence-corrected chi connectivity index (χ1v) is 10.3. The van der Waals surface area contributed by atoms with Crippen LogP contribution in [0.15, 0.2) is 58.4 Å². The number of hydrogen-bond donors (Lipinski definition) is 3. The van der Waals surface area contributed by atoms with Crippen LogP contribution in [0.4, 0.5) is 0 Å². The molecule has 154 valence electrons. The van der Waals surface area contributed by atoms with Crippen molar-refractivity contribution in [1.29, 1.82) is 5.26 Å². The molecule has 0 aromatic heterocycles. The summed E-state index contributed by atoms with van der Waals surface area (Å²) in [5, 5.41) is 8.97. The molecule has 11 heteroatoms. The van der Waals surface area contributed by atoms with E-state index in [1.165, 1.54) is 6.07 Å². The fourth-order valence-corrected chi connectivity index (χ4v) is 3.84. The van der Waals surface area contributed by atoms with E-state index < -0.39 is 21.8 Å². The number of rotatable bonds is 6. The molecule has 0 fully saturated rings. The molecular formula is C19H17N5O5S. The topological polar surface area (TPSA) is 150 Å². The second kappa shape index (κ2) is 9.06. The van der Waals surface area contributed by atoms with Crippen LogP contribution in [0.25, 0.3) is 0 Å². The number of amidine groups is 1. The van der Waals surface area contributed by atoms with E-state index in [1.54, 1.807) is 42.5 Å². The molecule has 3 N–H and O–H groups in total. The van der Waals surface area contributed by atoms with Crippen molar-refractivity contribution in [2.45, 2.75) is 11.3 Å². The highest BCUT2D eigenvalue weighted by Gasteiger charge is 2.29. The van der Waals surface area contributed by atoms with Crippen molar-refractivity contribution in [2.75, 3.05) is 13.2 Å². The number of hydrazine groups is 1. The Balaban J connectivity index is 1.44. The smallest absolute Gasteiger partial charge is 0.276 e. The Kier molecular flexibility index (Phi) is 6.29. The molecule has 2 amide bonds. The molecule has 30 heavy (non-hydrogen) atoms. The first-order chi connectivity index (χ1) is 14.4. The molecule has 0 bridgehead atoms. The normalized spacial score (nSPS) is 14.8. The fraction of sp³-hybridized carbons (Fsp3) is 0.158. The lowest BCUT2D eigenvalue weighted by atomic mass is 10.2. The second-order valence-corrected chi connectivity index (χ2v) is 7.73. The maximum Gasteiger partial charge on any atom is 0.276 e. The second-order valence-electron chi connectivity index (χ2n) is 6.07. The lowest BCUT2D eigenvalue weighted by molar-refractivity contribution is -0.129. The van der Waals surface area contributed by atoms with Gasteiger partial charge in [-0.3, -0.25) is 30.2 Å². The van der Waals surface area contributed by atoms with Crippen molar-refractivity contribution in [1.82, 2.24) is 15.6 Å². The van der Waals surface area contributed by atoms with Gasteiger partial charge in [-0.05, 0) is 24.3 Å². The lowest BCUT2D eigenvalue weighted by Crippen LogP contribution is -2.44. The average Bonchev–Trinajstić information content (AvgIpc) is 3.01. The molecule has 1 aliphatic rings. The van der Waals surface area contributed by atoms with Gasteiger partial charge in [-0.25, -0.2) is 8.42 Å². The molecule has 0 saturated heterocycles. The van der Waals surface area contributed by atoms with E-state index in [9.17, 15) is 18.0 Å². The summed E-state index contributed by atoms with van der Waals surface area (Å²) in [6, 6.07) is 14.8. The monoisotopic (exact) mass is 427 g/mol. The first kappa shape index (κ1) is 20.8. The number of ether oxygens (including phenoxy) is 1. The number of nitrogens with zero attached hydrogens (tertiary/aromatic N) is 2. The van der Waals surface area contributed by atoms with Gasteiger partial charge in [0.15, 0.2) is 6.61 Å². The molecule has 10 nitrogen and oxygen atoms in total. The van der Waals surface area contributed by atoms with Crippen LogP contribution in [0.2, 0.25) is 0 Å². The summed E-state index contributed by atoms with van der Waals surface area (Å²) in [4.78, 5) is 27.9. The summed E-state index contributed by atoms with van der Waals surface area (Å²) in [5.41, 5.74) is 5.14. The largest absolute Gasteiger partial charge is 0.482 e. The molecule has 0 unspecified atom stereocenters. The number of hydrogen-bond acceptors (Lipinski definition) is 7. The number of para-hydroxylation sites is 1. The van der Waals surface area contributed by atoms with Crippen LogP contribution in [-0.4, -0.2) is 39.2 Å². The highest BCUT2D eigenvalue weighted by Crippen LogP contribution is 2.22. The van der Waals surface area contributed by atoms with Crippen LogP contribution < -0.4 is 20.3 Å². The number of carbonyl (C=O) groups excluding carboxylic acids is 2. The summed E-state index contributed by atoms with van der Waals surface area (Å²) in [7, 11) is -3.63. The Morgan fingerprint density at radius 2 is 1.77 bits per heavy atom. The summed E-state index contributed by atoms with van der Waals surface area (Å²) in [5.74, 6) is -0.692. The Labute approximate surface area is 172 Å². The van der Waals surface area contributed by atoms with E-state index in [0.717, 1.165) is 0 Å². The van der Waals surface area contributed by atoms with Gasteiger partial charge in [0, 0.05) is 12.0 Å². The summed E-state index contributed by atoms with van der Waals surface area (Å²) in [6.45, 7) is -0.375. The van der Waals surface area contributed by atoms with E-state index in [1.807, 2.05) is 6.07 Å². The van der Waals surface area contributed by atoms with Crippen LogP contribution in [0, 0.1) is 11.3 Å². The van der Waals surface area contributed by atoms with Gasteiger partial charge in [0.2, 0.25) is 5.91 Å². The van der Waals surface area contributed by atoms with Gasteiger partial charge >= 0.3 is 0 Å². The standard InChI is InChI=1S/C19H17N5O5S/c20-11-13-5-1-3-7-15(13)29-12-18(26)23-22-17(25)9-10-21-19-14-6-2-4-8-16(14)30(27,28)24-19/h1-8H,9-10,12H2,(H,21,24)(H,22,25)(H,23,26). The maximum absolute atomic E-state index is 12.0. The molecular weight excluding hydrogens is 410 g/mol. The van der Waals surface area contributed by atoms with Gasteiger partial charge < -0.3 is 4.74 Å². The molecule has 3 rings (SSSR count). The summed E-state index contributed by atoms with van der Waals surface area (Å²) < 4.78 is 31.6. The van der Waals surface area contributed by atoms with Crippen LogP contribution in [0.1, 0.15) is 17.5 Å². The molecule has 0 spiro atoms. The number of fused-ring (bicyclic) bond motifs is 1. The molecule has 2 aromatic carbocycles. The molecule has 0 aliphatic carbocycles. The van der Waals surface area contributed by atoms with Gasteiger partial charge in [-0.2, -0.15) is 5.26 Å². The minimum absolute atomic E-state index is 0.0138. The van der Waals surface area contributed by atoms with Gasteiger partial charge in [-0.15, -0.1) is 0 Å². The van der Waals surface area contributed by atoms with E-state index >= 15 is 0 Å². The number of nitrogens with one attached hydrogen (secondary N) is 3. The third kappa shape index (κ3) is 4.92. The number of aliphatic imine (C=N–C) groups is 1. The molecule has 1 heterocycles. The first-order valence-electron chi connectivity index (χ1n) is 8.77. The van der Waals surface area contributed by atoms with Gasteiger partial charge in [0.25, 0.3) is 15.9 Å². The molecule has 2 aromatic rings. The predicted molar refractivity (Wildman–Crippen MR) is 106 cm³/mol.